The predicted molar refractivity (Wildman–Crippen MR) is 123 cm³/mol. The molecule has 0 spiro atoms. The van der Waals surface area contributed by atoms with Gasteiger partial charge in [-0.3, -0.25) is 0 Å². The quantitative estimate of drug-likeness (QED) is 0.447. The summed E-state index contributed by atoms with van der Waals surface area (Å²) in [7, 11) is 0. The molecule has 0 unspecified atom stereocenters. The fraction of sp³-hybridized carbons (Fsp3) is 0.185. The van der Waals surface area contributed by atoms with E-state index < -0.39 is 12.1 Å². The van der Waals surface area contributed by atoms with Gasteiger partial charge in [-0.1, -0.05) is 66.4 Å². The lowest BCUT2D eigenvalue weighted by Crippen LogP contribution is -2.26. The summed E-state index contributed by atoms with van der Waals surface area (Å²) in [5.41, 5.74) is 6.29. The summed E-state index contributed by atoms with van der Waals surface area (Å²) >= 11 is 0. The van der Waals surface area contributed by atoms with E-state index in [9.17, 15) is 14.7 Å². The van der Waals surface area contributed by atoms with Gasteiger partial charge in [0.15, 0.2) is 0 Å². The molecule has 32 heavy (non-hydrogen) atoms. The highest BCUT2D eigenvalue weighted by Gasteiger charge is 2.28. The van der Waals surface area contributed by atoms with Gasteiger partial charge < -0.3 is 15.2 Å². The molecule has 1 amide bonds. The number of carboxylic acid groups (broad SMARTS) is 1. The summed E-state index contributed by atoms with van der Waals surface area (Å²) in [6.07, 6.45) is -0.104. The molecule has 5 nitrogen and oxygen atoms in total. The number of ether oxygens (including phenoxy) is 1. The predicted octanol–water partition coefficient (Wildman–Crippen LogP) is 4.97. The second-order valence-electron chi connectivity index (χ2n) is 7.66. The number of carbonyl (C=O) groups is 2. The number of carbonyl (C=O) groups excluding carboxylic acids is 1. The van der Waals surface area contributed by atoms with Crippen LogP contribution in [0.15, 0.2) is 66.7 Å². The van der Waals surface area contributed by atoms with Gasteiger partial charge in [-0.15, -0.1) is 0 Å². The van der Waals surface area contributed by atoms with Gasteiger partial charge in [-0.05, 0) is 46.9 Å². The molecule has 0 fully saturated rings. The van der Waals surface area contributed by atoms with E-state index in [0.29, 0.717) is 18.5 Å². The Labute approximate surface area is 187 Å². The van der Waals surface area contributed by atoms with Gasteiger partial charge in [0, 0.05) is 24.4 Å². The van der Waals surface area contributed by atoms with Crippen LogP contribution in [0, 0.1) is 18.8 Å². The van der Waals surface area contributed by atoms with Crippen LogP contribution in [0.5, 0.6) is 0 Å². The topological polar surface area (TPSA) is 75.6 Å². The number of benzene rings is 3. The van der Waals surface area contributed by atoms with Crippen molar-refractivity contribution >= 4 is 12.1 Å². The summed E-state index contributed by atoms with van der Waals surface area (Å²) in [4.78, 5) is 23.5. The molecule has 0 heterocycles. The van der Waals surface area contributed by atoms with Gasteiger partial charge in [-0.25, -0.2) is 9.59 Å². The molecule has 0 bridgehead atoms. The van der Waals surface area contributed by atoms with E-state index in [0.717, 1.165) is 5.56 Å². The van der Waals surface area contributed by atoms with Crippen molar-refractivity contribution in [1.82, 2.24) is 5.32 Å². The number of nitrogens with one attached hydrogen (secondary N) is 1. The summed E-state index contributed by atoms with van der Waals surface area (Å²) < 4.78 is 5.49. The zero-order valence-corrected chi connectivity index (χ0v) is 17.7. The molecule has 0 radical (unpaired) electrons. The fourth-order valence-corrected chi connectivity index (χ4v) is 3.98. The highest BCUT2D eigenvalue weighted by molar-refractivity contribution is 5.90. The summed E-state index contributed by atoms with van der Waals surface area (Å²) in [5, 5.41) is 12.0. The first-order valence-corrected chi connectivity index (χ1v) is 10.5. The van der Waals surface area contributed by atoms with Crippen molar-refractivity contribution in [3.8, 4) is 23.0 Å². The van der Waals surface area contributed by atoms with Gasteiger partial charge >= 0.3 is 12.1 Å². The Morgan fingerprint density at radius 3 is 2.31 bits per heavy atom. The second-order valence-corrected chi connectivity index (χ2v) is 7.66. The second kappa shape index (κ2) is 9.40. The van der Waals surface area contributed by atoms with Crippen LogP contribution in [-0.2, 0) is 4.74 Å². The Morgan fingerprint density at radius 2 is 1.66 bits per heavy atom. The number of rotatable bonds is 5. The Hall–Kier alpha value is -4.04. The maximum absolute atomic E-state index is 12.2. The first-order valence-electron chi connectivity index (χ1n) is 10.5. The minimum atomic E-state index is -1.01. The van der Waals surface area contributed by atoms with E-state index in [1.54, 1.807) is 18.2 Å². The SMILES string of the molecule is Cc1ccc(C(=O)O)c(C#CCCNC(=O)OCC2c3ccccc3-c3ccccc32)c1. The zero-order chi connectivity index (χ0) is 22.5. The Bertz CT molecular complexity index is 1190. The minimum Gasteiger partial charge on any atom is -0.478 e. The lowest BCUT2D eigenvalue weighted by atomic mass is 9.98. The molecule has 0 saturated carbocycles. The Balaban J connectivity index is 1.31. The van der Waals surface area contributed by atoms with Crippen LogP contribution in [0.1, 0.15) is 45.0 Å². The van der Waals surface area contributed by atoms with E-state index in [-0.39, 0.29) is 18.1 Å². The molecule has 4 rings (SSSR count). The average molecular weight is 425 g/mol. The van der Waals surface area contributed by atoms with Gasteiger partial charge in [0.05, 0.1) is 5.56 Å². The molecule has 160 valence electrons. The standard InChI is InChI=1S/C27H23NO4/c1-18-13-14-20(26(29)30)19(16-18)8-6-7-15-28-27(31)32-17-25-23-11-4-2-9-21(23)22-10-3-5-12-24(22)25/h2-5,9-14,16,25H,7,15,17H2,1H3,(H,28,31)(H,29,30). The first-order chi connectivity index (χ1) is 15.5. The molecule has 3 aromatic carbocycles. The molecular formula is C27H23NO4. The maximum atomic E-state index is 12.2. The average Bonchev–Trinajstić information content (AvgIpc) is 3.11. The lowest BCUT2D eigenvalue weighted by Gasteiger charge is -2.14. The van der Waals surface area contributed by atoms with Crippen molar-refractivity contribution in [2.75, 3.05) is 13.2 Å². The number of hydrogen-bond donors (Lipinski definition) is 2. The van der Waals surface area contributed by atoms with Crippen LogP contribution in [-0.4, -0.2) is 30.3 Å². The van der Waals surface area contributed by atoms with Gasteiger partial charge in [0.1, 0.15) is 6.61 Å². The van der Waals surface area contributed by atoms with Crippen LogP contribution in [0.4, 0.5) is 4.79 Å². The number of amides is 1. The molecule has 1 aliphatic carbocycles. The van der Waals surface area contributed by atoms with Crippen molar-refractivity contribution in [1.29, 1.82) is 0 Å². The number of hydrogen-bond acceptors (Lipinski definition) is 3. The van der Waals surface area contributed by atoms with E-state index >= 15 is 0 Å². The van der Waals surface area contributed by atoms with Crippen LogP contribution >= 0.6 is 0 Å². The summed E-state index contributed by atoms with van der Waals surface area (Å²) in [6, 6.07) is 21.4. The molecule has 0 atom stereocenters. The van der Waals surface area contributed by atoms with Crippen LogP contribution in [0.3, 0.4) is 0 Å². The summed E-state index contributed by atoms with van der Waals surface area (Å²) in [5.74, 6) is 4.81. The minimum absolute atomic E-state index is 0.0173. The first kappa shape index (κ1) is 21.2. The molecule has 5 heteroatoms. The zero-order valence-electron chi connectivity index (χ0n) is 17.7. The number of fused-ring (bicyclic) bond motifs is 3. The van der Waals surface area contributed by atoms with E-state index in [4.69, 9.17) is 4.74 Å². The highest BCUT2D eigenvalue weighted by atomic mass is 16.5. The van der Waals surface area contributed by atoms with Crippen molar-refractivity contribution in [2.45, 2.75) is 19.3 Å². The van der Waals surface area contributed by atoms with Crippen LogP contribution in [0.2, 0.25) is 0 Å². The Morgan fingerprint density at radius 1 is 1.00 bits per heavy atom. The highest BCUT2D eigenvalue weighted by Crippen LogP contribution is 2.44. The third-order valence-electron chi connectivity index (χ3n) is 5.49. The number of carboxylic acids is 1. The normalized spacial score (nSPS) is 11.7. The van der Waals surface area contributed by atoms with Crippen molar-refractivity contribution < 1.29 is 19.4 Å². The van der Waals surface area contributed by atoms with Crippen LogP contribution in [0.25, 0.3) is 11.1 Å². The molecule has 1 aliphatic rings. The van der Waals surface area contributed by atoms with Crippen molar-refractivity contribution in [2.24, 2.45) is 0 Å². The summed E-state index contributed by atoms with van der Waals surface area (Å²) in [6.45, 7) is 2.46. The third kappa shape index (κ3) is 4.50. The van der Waals surface area contributed by atoms with Crippen molar-refractivity contribution in [3.63, 3.8) is 0 Å². The van der Waals surface area contributed by atoms with E-state index in [1.807, 2.05) is 31.2 Å². The lowest BCUT2D eigenvalue weighted by molar-refractivity contribution is 0.0696. The molecule has 0 saturated heterocycles. The molecule has 0 aliphatic heterocycles. The van der Waals surface area contributed by atoms with E-state index in [1.165, 1.54) is 22.3 Å². The van der Waals surface area contributed by atoms with Gasteiger partial charge in [0.2, 0.25) is 0 Å². The molecule has 2 N–H and O–H groups in total. The molecule has 0 aromatic heterocycles. The Kier molecular flexibility index (Phi) is 6.23. The van der Waals surface area contributed by atoms with Crippen LogP contribution < -0.4 is 5.32 Å². The number of aromatic carboxylic acids is 1. The molecule has 3 aromatic rings. The van der Waals surface area contributed by atoms with Crippen molar-refractivity contribution in [3.05, 3.63) is 94.5 Å². The maximum Gasteiger partial charge on any atom is 0.407 e. The van der Waals surface area contributed by atoms with Gasteiger partial charge in [0.25, 0.3) is 0 Å². The fourth-order valence-electron chi connectivity index (χ4n) is 3.98. The third-order valence-corrected chi connectivity index (χ3v) is 5.49. The number of aryl methyl sites for hydroxylation is 1. The van der Waals surface area contributed by atoms with E-state index in [2.05, 4.69) is 41.4 Å². The number of alkyl carbamates (subject to hydrolysis) is 1. The van der Waals surface area contributed by atoms with Gasteiger partial charge in [-0.2, -0.15) is 0 Å². The molecular weight excluding hydrogens is 402 g/mol. The smallest absolute Gasteiger partial charge is 0.407 e. The monoisotopic (exact) mass is 425 g/mol. The largest absolute Gasteiger partial charge is 0.478 e.